The predicted octanol–water partition coefficient (Wildman–Crippen LogP) is 2.29. The Morgan fingerprint density at radius 1 is 1.28 bits per heavy atom. The van der Waals surface area contributed by atoms with Crippen LogP contribution in [0.3, 0.4) is 0 Å². The molecule has 0 saturated carbocycles. The highest BCUT2D eigenvalue weighted by atomic mass is 32.2. The number of ether oxygens (including phenoxy) is 1. The van der Waals surface area contributed by atoms with Gasteiger partial charge in [-0.3, -0.25) is 4.79 Å². The summed E-state index contributed by atoms with van der Waals surface area (Å²) in [6, 6.07) is 7.21. The van der Waals surface area contributed by atoms with E-state index in [0.717, 1.165) is 5.69 Å². The maximum absolute atomic E-state index is 12.2. The van der Waals surface area contributed by atoms with E-state index in [1.54, 1.807) is 23.9 Å². The van der Waals surface area contributed by atoms with Crippen LogP contribution in [0.1, 0.15) is 31.5 Å². The number of carbonyl (C=O) groups is 1. The Morgan fingerprint density at radius 3 is 2.56 bits per heavy atom. The van der Waals surface area contributed by atoms with Crippen molar-refractivity contribution in [3.8, 4) is 11.4 Å². The molecule has 0 fully saturated rings. The molecule has 2 heterocycles. The lowest BCUT2D eigenvalue weighted by Crippen LogP contribution is -2.18. The van der Waals surface area contributed by atoms with Crippen molar-refractivity contribution in [3.05, 3.63) is 35.5 Å². The number of sulfone groups is 1. The number of fused-ring (bicyclic) bond motifs is 1. The number of nitrogens with one attached hydrogen (secondary N) is 1. The lowest BCUT2D eigenvalue weighted by atomic mass is 10.1. The summed E-state index contributed by atoms with van der Waals surface area (Å²) in [5.74, 6) is 0.989. The van der Waals surface area contributed by atoms with Crippen molar-refractivity contribution in [2.75, 3.05) is 12.4 Å². The summed E-state index contributed by atoms with van der Waals surface area (Å²) in [4.78, 5) is 12.2. The summed E-state index contributed by atoms with van der Waals surface area (Å²) >= 11 is 0. The maximum Gasteiger partial charge on any atom is 0.225 e. The number of benzene rings is 1. The summed E-state index contributed by atoms with van der Waals surface area (Å²) in [7, 11) is -1.62. The second-order valence-corrected chi connectivity index (χ2v) is 8.63. The summed E-state index contributed by atoms with van der Waals surface area (Å²) in [6.45, 7) is 3.91. The normalized spacial score (nSPS) is 15.2. The van der Waals surface area contributed by atoms with Crippen molar-refractivity contribution >= 4 is 21.6 Å². The molecule has 1 amide bonds. The minimum absolute atomic E-state index is 0.0987. The fourth-order valence-electron chi connectivity index (χ4n) is 2.84. The molecular weight excluding hydrogens is 342 g/mol. The molecule has 134 valence electrons. The molecule has 0 spiro atoms. The number of hydrogen-bond acceptors (Lipinski definition) is 5. The molecule has 25 heavy (non-hydrogen) atoms. The van der Waals surface area contributed by atoms with Crippen LogP contribution in [0.25, 0.3) is 5.69 Å². The highest BCUT2D eigenvalue weighted by molar-refractivity contribution is 7.90. The topological polar surface area (TPSA) is 90.3 Å². The quantitative estimate of drug-likeness (QED) is 0.880. The van der Waals surface area contributed by atoms with Gasteiger partial charge in [-0.15, -0.1) is 0 Å². The fraction of sp³-hybridized carbons (Fsp3) is 0.412. The molecule has 2 aromatic rings. The van der Waals surface area contributed by atoms with Gasteiger partial charge in [0.15, 0.2) is 9.84 Å². The number of anilines is 1. The molecule has 0 unspecified atom stereocenters. The molecule has 3 rings (SSSR count). The summed E-state index contributed by atoms with van der Waals surface area (Å²) in [5, 5.41) is 7.28. The first-order chi connectivity index (χ1) is 11.8. The zero-order chi connectivity index (χ0) is 18.2. The van der Waals surface area contributed by atoms with Crippen molar-refractivity contribution < 1.29 is 17.9 Å². The summed E-state index contributed by atoms with van der Waals surface area (Å²) < 4.78 is 30.6. The predicted molar refractivity (Wildman–Crippen MR) is 94.5 cm³/mol. The Hall–Kier alpha value is -2.35. The molecule has 0 radical (unpaired) electrons. The largest absolute Gasteiger partial charge is 0.497 e. The number of carbonyl (C=O) groups excluding carboxylic acids is 1. The van der Waals surface area contributed by atoms with Gasteiger partial charge < -0.3 is 10.1 Å². The van der Waals surface area contributed by atoms with E-state index in [9.17, 15) is 13.2 Å². The zero-order valence-electron chi connectivity index (χ0n) is 14.4. The van der Waals surface area contributed by atoms with Crippen LogP contribution >= 0.6 is 0 Å². The van der Waals surface area contributed by atoms with Crippen LogP contribution in [0.2, 0.25) is 0 Å². The van der Waals surface area contributed by atoms with Gasteiger partial charge in [0.25, 0.3) is 0 Å². The molecule has 1 aromatic heterocycles. The minimum atomic E-state index is -3.20. The molecule has 0 atom stereocenters. The molecule has 0 aliphatic carbocycles. The van der Waals surface area contributed by atoms with Gasteiger partial charge in [0.2, 0.25) is 5.91 Å². The van der Waals surface area contributed by atoms with Gasteiger partial charge in [-0.2, -0.15) is 5.10 Å². The molecule has 8 heteroatoms. The molecule has 0 saturated heterocycles. The van der Waals surface area contributed by atoms with Crippen LogP contribution in [-0.2, 0) is 26.1 Å². The van der Waals surface area contributed by atoms with Crippen LogP contribution in [0.5, 0.6) is 5.75 Å². The van der Waals surface area contributed by atoms with Crippen LogP contribution in [0.4, 0.5) is 5.82 Å². The maximum atomic E-state index is 12.2. The zero-order valence-corrected chi connectivity index (χ0v) is 15.3. The molecule has 1 N–H and O–H groups in total. The average molecular weight is 363 g/mol. The fourth-order valence-corrected chi connectivity index (χ4v) is 4.33. The van der Waals surface area contributed by atoms with E-state index in [4.69, 9.17) is 4.74 Å². The Kier molecular flexibility index (Phi) is 4.55. The number of rotatable bonds is 5. The van der Waals surface area contributed by atoms with E-state index in [2.05, 4.69) is 10.4 Å². The Bertz CT molecular complexity index is 899. The van der Waals surface area contributed by atoms with Crippen molar-refractivity contribution in [2.24, 2.45) is 5.92 Å². The lowest BCUT2D eigenvalue weighted by molar-refractivity contribution is -0.116. The Morgan fingerprint density at radius 2 is 1.96 bits per heavy atom. The van der Waals surface area contributed by atoms with E-state index >= 15 is 0 Å². The monoisotopic (exact) mass is 363 g/mol. The van der Waals surface area contributed by atoms with Crippen molar-refractivity contribution in [1.82, 2.24) is 9.78 Å². The number of hydrogen-bond donors (Lipinski definition) is 1. The number of amides is 1. The first-order valence-corrected chi connectivity index (χ1v) is 9.86. The van der Waals surface area contributed by atoms with Crippen molar-refractivity contribution in [2.45, 2.75) is 31.8 Å². The summed E-state index contributed by atoms with van der Waals surface area (Å²) in [5.41, 5.74) is 1.80. The van der Waals surface area contributed by atoms with Gasteiger partial charge >= 0.3 is 0 Å². The second kappa shape index (κ2) is 6.51. The highest BCUT2D eigenvalue weighted by Gasteiger charge is 2.33. The highest BCUT2D eigenvalue weighted by Crippen LogP contribution is 2.33. The van der Waals surface area contributed by atoms with E-state index in [0.29, 0.717) is 29.2 Å². The van der Waals surface area contributed by atoms with Crippen LogP contribution in [0.15, 0.2) is 24.3 Å². The van der Waals surface area contributed by atoms with Crippen LogP contribution in [0, 0.1) is 5.92 Å². The number of nitrogens with zero attached hydrogens (tertiary/aromatic N) is 2. The van der Waals surface area contributed by atoms with E-state index in [1.807, 2.05) is 26.0 Å². The Balaban J connectivity index is 2.01. The van der Waals surface area contributed by atoms with E-state index in [1.165, 1.54) is 0 Å². The van der Waals surface area contributed by atoms with Gasteiger partial charge in [0.05, 0.1) is 30.0 Å². The van der Waals surface area contributed by atoms with Gasteiger partial charge in [0, 0.05) is 12.0 Å². The molecular formula is C17H21N3O4S. The number of aromatic nitrogens is 2. The third-order valence-corrected chi connectivity index (χ3v) is 5.40. The SMILES string of the molecule is COc1ccc(-n2nc3c(c2NC(=O)CC(C)C)CS(=O)(=O)C3)cc1. The molecule has 0 bridgehead atoms. The number of methoxy groups -OCH3 is 1. The summed E-state index contributed by atoms with van der Waals surface area (Å²) in [6.07, 6.45) is 0.356. The first-order valence-electron chi connectivity index (χ1n) is 8.04. The van der Waals surface area contributed by atoms with Crippen LogP contribution < -0.4 is 10.1 Å². The van der Waals surface area contributed by atoms with Crippen molar-refractivity contribution in [1.29, 1.82) is 0 Å². The average Bonchev–Trinajstić information content (AvgIpc) is 3.00. The third-order valence-electron chi connectivity index (χ3n) is 3.96. The molecule has 1 aliphatic heterocycles. The Labute approximate surface area is 146 Å². The van der Waals surface area contributed by atoms with Gasteiger partial charge in [-0.05, 0) is 30.2 Å². The van der Waals surface area contributed by atoms with Crippen LogP contribution in [-0.4, -0.2) is 31.2 Å². The van der Waals surface area contributed by atoms with E-state index < -0.39 is 9.84 Å². The smallest absolute Gasteiger partial charge is 0.225 e. The minimum Gasteiger partial charge on any atom is -0.497 e. The van der Waals surface area contributed by atoms with Gasteiger partial charge in [-0.1, -0.05) is 13.8 Å². The molecule has 7 nitrogen and oxygen atoms in total. The molecule has 1 aromatic carbocycles. The second-order valence-electron chi connectivity index (χ2n) is 6.56. The van der Waals surface area contributed by atoms with Gasteiger partial charge in [-0.25, -0.2) is 13.1 Å². The first kappa shape index (κ1) is 17.5. The third kappa shape index (κ3) is 3.68. The van der Waals surface area contributed by atoms with Gasteiger partial charge in [0.1, 0.15) is 11.6 Å². The lowest BCUT2D eigenvalue weighted by Gasteiger charge is -2.12. The van der Waals surface area contributed by atoms with E-state index in [-0.39, 0.29) is 23.3 Å². The standard InChI is InChI=1S/C17H21N3O4S/c1-11(2)8-16(21)18-17-14-9-25(22,23)10-15(14)19-20(17)12-4-6-13(24-3)7-5-12/h4-7,11H,8-10H2,1-3H3,(H,18,21). The van der Waals surface area contributed by atoms with Crippen molar-refractivity contribution in [3.63, 3.8) is 0 Å². The molecule has 1 aliphatic rings.